The Kier molecular flexibility index (Phi) is 3.39. The molecule has 4 nitrogen and oxygen atoms in total. The Hall–Kier alpha value is -2.33. The topological polar surface area (TPSA) is 48.1 Å². The largest absolute Gasteiger partial charge is 0.337 e. The van der Waals surface area contributed by atoms with Crippen LogP contribution >= 0.6 is 11.6 Å². The molecular weight excluding hydrogens is 288 g/mol. The summed E-state index contributed by atoms with van der Waals surface area (Å²) in [6.07, 6.45) is 1.86. The zero-order valence-electron chi connectivity index (χ0n) is 11.4. The summed E-state index contributed by atoms with van der Waals surface area (Å²) in [6.45, 7) is 2.49. The van der Waals surface area contributed by atoms with Gasteiger partial charge in [-0.25, -0.2) is 0 Å². The number of fused-ring (bicyclic) bond motifs is 1. The van der Waals surface area contributed by atoms with E-state index in [0.29, 0.717) is 17.1 Å². The first-order chi connectivity index (χ1) is 10.1. The third kappa shape index (κ3) is 2.50. The predicted molar refractivity (Wildman–Crippen MR) is 83.9 cm³/mol. The lowest BCUT2D eigenvalue weighted by molar-refractivity contribution is -0.383. The number of rotatable bonds is 3. The van der Waals surface area contributed by atoms with E-state index in [4.69, 9.17) is 11.6 Å². The van der Waals surface area contributed by atoms with Crippen molar-refractivity contribution in [3.63, 3.8) is 0 Å². The fraction of sp³-hybridized carbons (Fsp3) is 0.125. The molecule has 5 heteroatoms. The Labute approximate surface area is 126 Å². The highest BCUT2D eigenvalue weighted by atomic mass is 35.5. The Bertz CT molecular complexity index is 839. The van der Waals surface area contributed by atoms with E-state index in [1.807, 2.05) is 48.0 Å². The van der Waals surface area contributed by atoms with Crippen LogP contribution in [0.5, 0.6) is 0 Å². The first kappa shape index (κ1) is 13.6. The van der Waals surface area contributed by atoms with E-state index in [9.17, 15) is 10.1 Å². The number of aromatic nitrogens is 1. The SMILES string of the molecule is Cc1ccc(Cn2ccc3cccc([N+](=O)[O-])c32)c(Cl)c1. The Morgan fingerprint density at radius 2 is 2.05 bits per heavy atom. The second-order valence-corrected chi connectivity index (χ2v) is 5.42. The van der Waals surface area contributed by atoms with Crippen molar-refractivity contribution >= 4 is 28.2 Å². The lowest BCUT2D eigenvalue weighted by Gasteiger charge is -2.08. The molecule has 0 atom stereocenters. The zero-order chi connectivity index (χ0) is 15.0. The molecule has 0 radical (unpaired) electrons. The summed E-state index contributed by atoms with van der Waals surface area (Å²) >= 11 is 6.25. The Balaban J connectivity index is 2.11. The van der Waals surface area contributed by atoms with Gasteiger partial charge in [0.1, 0.15) is 5.52 Å². The van der Waals surface area contributed by atoms with Crippen LogP contribution in [0, 0.1) is 17.0 Å². The minimum atomic E-state index is -0.352. The van der Waals surface area contributed by atoms with Crippen LogP contribution in [0.4, 0.5) is 5.69 Å². The molecule has 0 aliphatic heterocycles. The number of hydrogen-bond donors (Lipinski definition) is 0. The van der Waals surface area contributed by atoms with Crippen LogP contribution in [-0.4, -0.2) is 9.49 Å². The average molecular weight is 301 g/mol. The molecule has 0 N–H and O–H groups in total. The number of halogens is 1. The van der Waals surface area contributed by atoms with Gasteiger partial charge >= 0.3 is 0 Å². The normalized spacial score (nSPS) is 11.0. The monoisotopic (exact) mass is 300 g/mol. The lowest BCUT2D eigenvalue weighted by atomic mass is 10.1. The van der Waals surface area contributed by atoms with Gasteiger partial charge in [-0.05, 0) is 30.2 Å². The first-order valence-corrected chi connectivity index (χ1v) is 6.91. The van der Waals surface area contributed by atoms with Crippen molar-refractivity contribution in [1.82, 2.24) is 4.57 Å². The van der Waals surface area contributed by atoms with Crippen molar-refractivity contribution in [2.45, 2.75) is 13.5 Å². The summed E-state index contributed by atoms with van der Waals surface area (Å²) in [5.74, 6) is 0. The quantitative estimate of drug-likeness (QED) is 0.526. The smallest absolute Gasteiger partial charge is 0.293 e. The summed E-state index contributed by atoms with van der Waals surface area (Å²) in [5, 5.41) is 12.7. The molecule has 0 aliphatic rings. The molecule has 106 valence electrons. The van der Waals surface area contributed by atoms with E-state index in [1.54, 1.807) is 6.07 Å². The molecule has 0 saturated heterocycles. The second-order valence-electron chi connectivity index (χ2n) is 5.01. The fourth-order valence-electron chi connectivity index (χ4n) is 2.48. The summed E-state index contributed by atoms with van der Waals surface area (Å²) in [5.41, 5.74) is 2.77. The zero-order valence-corrected chi connectivity index (χ0v) is 12.2. The lowest BCUT2D eigenvalue weighted by Crippen LogP contribution is -2.01. The molecule has 3 aromatic rings. The first-order valence-electron chi connectivity index (χ1n) is 6.53. The molecule has 21 heavy (non-hydrogen) atoms. The molecule has 0 saturated carbocycles. The molecular formula is C16H13ClN2O2. The molecule has 0 fully saturated rings. The van der Waals surface area contributed by atoms with Gasteiger partial charge < -0.3 is 4.57 Å². The van der Waals surface area contributed by atoms with Crippen LogP contribution in [0.15, 0.2) is 48.7 Å². The molecule has 1 heterocycles. The van der Waals surface area contributed by atoms with Crippen LogP contribution in [0.2, 0.25) is 5.02 Å². The minimum Gasteiger partial charge on any atom is -0.337 e. The van der Waals surface area contributed by atoms with Gasteiger partial charge in [-0.3, -0.25) is 10.1 Å². The second kappa shape index (κ2) is 5.22. The van der Waals surface area contributed by atoms with Crippen molar-refractivity contribution in [3.05, 3.63) is 74.9 Å². The number of aryl methyl sites for hydroxylation is 1. The standard InChI is InChI=1S/C16H13ClN2O2/c1-11-5-6-13(14(17)9-11)10-18-8-7-12-3-2-4-15(16(12)18)19(20)21/h2-9H,10H2,1H3. The average Bonchev–Trinajstić information content (AvgIpc) is 2.85. The highest BCUT2D eigenvalue weighted by Crippen LogP contribution is 2.28. The van der Waals surface area contributed by atoms with E-state index < -0.39 is 0 Å². The summed E-state index contributed by atoms with van der Waals surface area (Å²) in [4.78, 5) is 10.8. The predicted octanol–water partition coefficient (Wildman–Crippen LogP) is 4.56. The van der Waals surface area contributed by atoms with Crippen molar-refractivity contribution in [2.75, 3.05) is 0 Å². The van der Waals surface area contributed by atoms with E-state index in [2.05, 4.69) is 0 Å². The van der Waals surface area contributed by atoms with Crippen molar-refractivity contribution in [1.29, 1.82) is 0 Å². The van der Waals surface area contributed by atoms with Crippen LogP contribution < -0.4 is 0 Å². The van der Waals surface area contributed by atoms with Crippen LogP contribution in [0.3, 0.4) is 0 Å². The number of nitro groups is 1. The Morgan fingerprint density at radius 1 is 1.24 bits per heavy atom. The molecule has 0 unspecified atom stereocenters. The number of para-hydroxylation sites is 1. The van der Waals surface area contributed by atoms with E-state index in [0.717, 1.165) is 16.5 Å². The Morgan fingerprint density at radius 3 is 2.76 bits per heavy atom. The molecule has 0 amide bonds. The van der Waals surface area contributed by atoms with Gasteiger partial charge in [0.05, 0.1) is 4.92 Å². The molecule has 0 aliphatic carbocycles. The van der Waals surface area contributed by atoms with Gasteiger partial charge in [-0.1, -0.05) is 35.9 Å². The maximum Gasteiger partial charge on any atom is 0.293 e. The summed E-state index contributed by atoms with van der Waals surface area (Å²) in [7, 11) is 0. The molecule has 1 aromatic heterocycles. The van der Waals surface area contributed by atoms with E-state index >= 15 is 0 Å². The van der Waals surface area contributed by atoms with Crippen LogP contribution in [-0.2, 0) is 6.54 Å². The molecule has 0 bridgehead atoms. The molecule has 0 spiro atoms. The van der Waals surface area contributed by atoms with Crippen molar-refractivity contribution in [2.24, 2.45) is 0 Å². The van der Waals surface area contributed by atoms with Gasteiger partial charge in [-0.15, -0.1) is 0 Å². The third-order valence-corrected chi connectivity index (χ3v) is 3.86. The highest BCUT2D eigenvalue weighted by molar-refractivity contribution is 6.31. The van der Waals surface area contributed by atoms with Crippen LogP contribution in [0.1, 0.15) is 11.1 Å². The van der Waals surface area contributed by atoms with E-state index in [-0.39, 0.29) is 10.6 Å². The van der Waals surface area contributed by atoms with Gasteiger partial charge in [0.25, 0.3) is 5.69 Å². The number of benzene rings is 2. The van der Waals surface area contributed by atoms with Gasteiger partial charge in [-0.2, -0.15) is 0 Å². The van der Waals surface area contributed by atoms with Gasteiger partial charge in [0.15, 0.2) is 0 Å². The summed E-state index contributed by atoms with van der Waals surface area (Å²) < 4.78 is 1.87. The van der Waals surface area contributed by atoms with Gasteiger partial charge in [0, 0.05) is 29.2 Å². The number of nitrogens with zero attached hydrogens (tertiary/aromatic N) is 2. The maximum absolute atomic E-state index is 11.2. The number of nitro benzene ring substituents is 1. The maximum atomic E-state index is 11.2. The fourth-order valence-corrected chi connectivity index (χ4v) is 2.78. The molecule has 3 rings (SSSR count). The number of hydrogen-bond acceptors (Lipinski definition) is 2. The minimum absolute atomic E-state index is 0.112. The van der Waals surface area contributed by atoms with E-state index in [1.165, 1.54) is 6.07 Å². The van der Waals surface area contributed by atoms with Crippen molar-refractivity contribution < 1.29 is 4.92 Å². The third-order valence-electron chi connectivity index (χ3n) is 3.51. The molecule has 2 aromatic carbocycles. The van der Waals surface area contributed by atoms with Gasteiger partial charge in [0.2, 0.25) is 0 Å². The number of non-ortho nitro benzene ring substituents is 1. The van der Waals surface area contributed by atoms with Crippen molar-refractivity contribution in [3.8, 4) is 0 Å². The van der Waals surface area contributed by atoms with Crippen LogP contribution in [0.25, 0.3) is 10.9 Å². The summed E-state index contributed by atoms with van der Waals surface area (Å²) in [6, 6.07) is 12.8. The highest BCUT2D eigenvalue weighted by Gasteiger charge is 2.15.